The minimum absolute atomic E-state index is 0.0778. The Labute approximate surface area is 97.4 Å². The van der Waals surface area contributed by atoms with Crippen LogP contribution in [0.5, 0.6) is 5.75 Å². The topological polar surface area (TPSA) is 42.4 Å². The van der Waals surface area contributed by atoms with Crippen LogP contribution in [0.15, 0.2) is 6.07 Å². The predicted molar refractivity (Wildman–Crippen MR) is 54.3 cm³/mol. The molecule has 84 valence electrons. The number of alkyl halides is 3. The van der Waals surface area contributed by atoms with Gasteiger partial charge < -0.3 is 9.84 Å². The molecule has 3 nitrogen and oxygen atoms in total. The Kier molecular flexibility index (Phi) is 3.77. The fourth-order valence-electron chi connectivity index (χ4n) is 1.01. The average molecular weight is 333 g/mol. The number of pyridine rings is 1. The maximum absolute atomic E-state index is 12.0. The second kappa shape index (κ2) is 4.52. The average Bonchev–Trinajstić information content (AvgIpc) is 2.09. The first-order valence-corrected chi connectivity index (χ1v) is 4.94. The molecule has 0 aromatic carbocycles. The zero-order valence-corrected chi connectivity index (χ0v) is 9.76. The lowest BCUT2D eigenvalue weighted by Gasteiger charge is -2.13. The largest absolute Gasteiger partial charge is 0.573 e. The minimum atomic E-state index is -4.73. The number of rotatable bonds is 2. The van der Waals surface area contributed by atoms with Crippen LogP contribution in [-0.4, -0.2) is 16.5 Å². The van der Waals surface area contributed by atoms with Gasteiger partial charge in [0.1, 0.15) is 3.70 Å². The summed E-state index contributed by atoms with van der Waals surface area (Å²) in [6, 6.07) is 1.35. The molecule has 1 aromatic rings. The molecule has 0 unspecified atom stereocenters. The lowest BCUT2D eigenvalue weighted by Crippen LogP contribution is -2.19. The number of hydrogen-bond acceptors (Lipinski definition) is 3. The van der Waals surface area contributed by atoms with Crippen molar-refractivity contribution in [1.82, 2.24) is 4.98 Å². The molecule has 0 amide bonds. The van der Waals surface area contributed by atoms with Gasteiger partial charge in [-0.3, -0.25) is 0 Å². The molecular weight excluding hydrogens is 326 g/mol. The van der Waals surface area contributed by atoms with E-state index in [9.17, 15) is 13.2 Å². The van der Waals surface area contributed by atoms with Gasteiger partial charge in [-0.1, -0.05) is 0 Å². The van der Waals surface area contributed by atoms with Gasteiger partial charge in [-0.15, -0.1) is 13.2 Å². The van der Waals surface area contributed by atoms with Crippen LogP contribution in [0.4, 0.5) is 13.2 Å². The Morgan fingerprint density at radius 1 is 1.53 bits per heavy atom. The smallest absolute Gasteiger partial charge is 0.403 e. The molecule has 0 aliphatic carbocycles. The summed E-state index contributed by atoms with van der Waals surface area (Å²) < 4.78 is 39.8. The first kappa shape index (κ1) is 12.5. The third-order valence-electron chi connectivity index (χ3n) is 1.55. The fourth-order valence-corrected chi connectivity index (χ4v) is 1.85. The van der Waals surface area contributed by atoms with Gasteiger partial charge in [-0.2, -0.15) is 0 Å². The van der Waals surface area contributed by atoms with Crippen molar-refractivity contribution in [3.05, 3.63) is 21.0 Å². The SMILES string of the molecule is Cc1cc(CO)nc(I)c1OC(F)(F)F. The Bertz CT molecular complexity index is 344. The molecule has 15 heavy (non-hydrogen) atoms. The number of halogens is 4. The van der Waals surface area contributed by atoms with E-state index in [-0.39, 0.29) is 21.6 Å². The number of hydrogen-bond donors (Lipinski definition) is 1. The van der Waals surface area contributed by atoms with Crippen LogP contribution in [0, 0.1) is 10.6 Å². The molecule has 1 aromatic heterocycles. The summed E-state index contributed by atoms with van der Waals surface area (Å²) in [6.07, 6.45) is -4.73. The first-order chi connectivity index (χ1) is 6.83. The van der Waals surface area contributed by atoms with Crippen LogP contribution in [0.3, 0.4) is 0 Å². The summed E-state index contributed by atoms with van der Waals surface area (Å²) in [4.78, 5) is 3.75. The second-order valence-corrected chi connectivity index (χ2v) is 3.78. The zero-order chi connectivity index (χ0) is 11.6. The van der Waals surface area contributed by atoms with Crippen molar-refractivity contribution in [1.29, 1.82) is 0 Å². The number of aliphatic hydroxyl groups excluding tert-OH is 1. The fraction of sp³-hybridized carbons (Fsp3) is 0.375. The Morgan fingerprint density at radius 2 is 2.13 bits per heavy atom. The molecule has 0 aliphatic rings. The lowest BCUT2D eigenvalue weighted by atomic mass is 10.2. The highest BCUT2D eigenvalue weighted by molar-refractivity contribution is 14.1. The van der Waals surface area contributed by atoms with Crippen molar-refractivity contribution in [2.75, 3.05) is 0 Å². The predicted octanol–water partition coefficient (Wildman–Crippen LogP) is 2.39. The van der Waals surface area contributed by atoms with Crippen molar-refractivity contribution in [2.24, 2.45) is 0 Å². The molecule has 1 N–H and O–H groups in total. The third-order valence-corrected chi connectivity index (χ3v) is 2.28. The van der Waals surface area contributed by atoms with E-state index >= 15 is 0 Å². The van der Waals surface area contributed by atoms with E-state index in [0.29, 0.717) is 5.69 Å². The highest BCUT2D eigenvalue weighted by atomic mass is 127. The lowest BCUT2D eigenvalue weighted by molar-refractivity contribution is -0.275. The van der Waals surface area contributed by atoms with Crippen LogP contribution < -0.4 is 4.74 Å². The second-order valence-electron chi connectivity index (χ2n) is 2.76. The summed E-state index contributed by atoms with van der Waals surface area (Å²) in [6.45, 7) is 1.15. The van der Waals surface area contributed by atoms with Gasteiger partial charge in [-0.25, -0.2) is 4.98 Å². The van der Waals surface area contributed by atoms with Crippen molar-refractivity contribution >= 4 is 22.6 Å². The van der Waals surface area contributed by atoms with E-state index in [4.69, 9.17) is 5.11 Å². The van der Waals surface area contributed by atoms with Gasteiger partial charge in [0.15, 0.2) is 5.75 Å². The Hall–Kier alpha value is -0.570. The molecule has 0 atom stereocenters. The number of nitrogens with zero attached hydrogens (tertiary/aromatic N) is 1. The van der Waals surface area contributed by atoms with E-state index in [2.05, 4.69) is 9.72 Å². The Balaban J connectivity index is 3.09. The molecule has 0 aliphatic heterocycles. The molecule has 0 saturated carbocycles. The molecule has 1 heterocycles. The van der Waals surface area contributed by atoms with E-state index < -0.39 is 6.36 Å². The van der Waals surface area contributed by atoms with Crippen LogP contribution in [0.25, 0.3) is 0 Å². The van der Waals surface area contributed by atoms with Crippen molar-refractivity contribution in [3.8, 4) is 5.75 Å². The zero-order valence-electron chi connectivity index (χ0n) is 7.60. The van der Waals surface area contributed by atoms with Gasteiger partial charge in [0.05, 0.1) is 12.3 Å². The van der Waals surface area contributed by atoms with E-state index in [1.165, 1.54) is 13.0 Å². The molecule has 0 saturated heterocycles. The van der Waals surface area contributed by atoms with Crippen molar-refractivity contribution < 1.29 is 23.0 Å². The summed E-state index contributed by atoms with van der Waals surface area (Å²) >= 11 is 1.63. The number of ether oxygens (including phenoxy) is 1. The summed E-state index contributed by atoms with van der Waals surface area (Å²) in [7, 11) is 0. The molecule has 0 spiro atoms. The third kappa shape index (κ3) is 3.49. The molecular formula is C8H7F3INO2. The van der Waals surface area contributed by atoms with Gasteiger partial charge in [-0.05, 0) is 41.1 Å². The first-order valence-electron chi connectivity index (χ1n) is 3.86. The standard InChI is InChI=1S/C8H7F3INO2/c1-4-2-5(3-14)13-7(12)6(4)15-8(9,10)11/h2,14H,3H2,1H3. The van der Waals surface area contributed by atoms with Crippen LogP contribution in [-0.2, 0) is 6.61 Å². The molecule has 0 bridgehead atoms. The van der Waals surface area contributed by atoms with Crippen molar-refractivity contribution in [2.45, 2.75) is 19.9 Å². The highest BCUT2D eigenvalue weighted by Gasteiger charge is 2.33. The van der Waals surface area contributed by atoms with Crippen LogP contribution in [0.2, 0.25) is 0 Å². The van der Waals surface area contributed by atoms with E-state index in [1.807, 2.05) is 0 Å². The van der Waals surface area contributed by atoms with Gasteiger partial charge in [0, 0.05) is 0 Å². The van der Waals surface area contributed by atoms with Crippen LogP contribution >= 0.6 is 22.6 Å². The maximum atomic E-state index is 12.0. The van der Waals surface area contributed by atoms with Gasteiger partial charge in [0.2, 0.25) is 0 Å². The monoisotopic (exact) mass is 333 g/mol. The summed E-state index contributed by atoms with van der Waals surface area (Å²) in [5.74, 6) is -0.319. The Morgan fingerprint density at radius 3 is 2.53 bits per heavy atom. The van der Waals surface area contributed by atoms with E-state index in [1.54, 1.807) is 22.6 Å². The molecule has 7 heteroatoms. The minimum Gasteiger partial charge on any atom is -0.403 e. The van der Waals surface area contributed by atoms with Gasteiger partial charge >= 0.3 is 6.36 Å². The van der Waals surface area contributed by atoms with Crippen molar-refractivity contribution in [3.63, 3.8) is 0 Å². The summed E-state index contributed by atoms with van der Waals surface area (Å²) in [5.41, 5.74) is 0.599. The quantitative estimate of drug-likeness (QED) is 0.668. The normalized spacial score (nSPS) is 11.6. The number of aromatic nitrogens is 1. The van der Waals surface area contributed by atoms with E-state index in [0.717, 1.165) is 0 Å². The maximum Gasteiger partial charge on any atom is 0.573 e. The molecule has 0 radical (unpaired) electrons. The summed E-state index contributed by atoms with van der Waals surface area (Å²) in [5, 5.41) is 8.78. The van der Waals surface area contributed by atoms with Gasteiger partial charge in [0.25, 0.3) is 0 Å². The molecule has 0 fully saturated rings. The van der Waals surface area contributed by atoms with Crippen LogP contribution in [0.1, 0.15) is 11.3 Å². The number of aliphatic hydroxyl groups is 1. The molecule has 1 rings (SSSR count). The highest BCUT2D eigenvalue weighted by Crippen LogP contribution is 2.30. The number of aryl methyl sites for hydroxylation is 1.